The van der Waals surface area contributed by atoms with E-state index in [0.29, 0.717) is 0 Å². The summed E-state index contributed by atoms with van der Waals surface area (Å²) in [5, 5.41) is 0. The average molecular weight is 308 g/mol. The molecule has 0 aliphatic carbocycles. The quantitative estimate of drug-likeness (QED) is 0.786. The lowest BCUT2D eigenvalue weighted by atomic mass is 9.78. The van der Waals surface area contributed by atoms with Crippen LogP contribution in [0.3, 0.4) is 0 Å². The van der Waals surface area contributed by atoms with Crippen LogP contribution in [0.1, 0.15) is 41.5 Å². The minimum Gasteiger partial charge on any atom is -0.497 e. The van der Waals surface area contributed by atoms with Gasteiger partial charge in [-0.15, -0.1) is 0 Å². The van der Waals surface area contributed by atoms with E-state index in [1.54, 1.807) is 27.7 Å². The predicted octanol–water partition coefficient (Wildman–Crippen LogP) is 3.01. The summed E-state index contributed by atoms with van der Waals surface area (Å²) < 4.78 is 101. The van der Waals surface area contributed by atoms with Gasteiger partial charge in [0, 0.05) is 0 Å². The molecule has 1 saturated heterocycles. The Labute approximate surface area is 131 Å². The minimum atomic E-state index is -5.15. The van der Waals surface area contributed by atoms with Gasteiger partial charge in [0.05, 0.1) is 32.0 Å². The van der Waals surface area contributed by atoms with Gasteiger partial charge in [-0.1, -0.05) is 0 Å². The highest BCUT2D eigenvalue weighted by Gasteiger charge is 2.52. The Hall–Kier alpha value is -1.21. The number of methoxy groups -OCH3 is 1. The molecule has 116 valence electrons. The number of ether oxygens (including phenoxy) is 1. The molecule has 0 atom stereocenters. The van der Waals surface area contributed by atoms with Crippen molar-refractivity contribution in [2.75, 3.05) is 7.04 Å². The van der Waals surface area contributed by atoms with Crippen LogP contribution in [0.4, 0.5) is 13.2 Å². The van der Waals surface area contributed by atoms with Crippen LogP contribution in [0.2, 0.25) is 0 Å². The maximum atomic E-state index is 13.4. The molecule has 1 aliphatic rings. The van der Waals surface area contributed by atoms with Crippen molar-refractivity contribution in [3.8, 4) is 5.75 Å². The lowest BCUT2D eigenvalue weighted by Crippen LogP contribution is -2.41. The Kier molecular flexibility index (Phi) is 2.28. The van der Waals surface area contributed by atoms with E-state index in [4.69, 9.17) is 17.5 Å². The molecule has 21 heavy (non-hydrogen) atoms. The van der Waals surface area contributed by atoms with E-state index in [9.17, 15) is 13.2 Å². The largest absolute Gasteiger partial charge is 0.497 e. The molecular weight excluding hydrogens is 284 g/mol. The summed E-state index contributed by atoms with van der Waals surface area (Å²) in [6.07, 6.45) is -5.15. The van der Waals surface area contributed by atoms with Crippen molar-refractivity contribution in [2.45, 2.75) is 45.1 Å². The van der Waals surface area contributed by atoms with Crippen molar-refractivity contribution in [2.24, 2.45) is 0 Å². The Morgan fingerprint density at radius 2 is 1.71 bits per heavy atom. The van der Waals surface area contributed by atoms with Gasteiger partial charge in [-0.2, -0.15) is 13.2 Å². The van der Waals surface area contributed by atoms with Gasteiger partial charge >= 0.3 is 13.3 Å². The molecule has 1 aromatic rings. The maximum Gasteiger partial charge on any atom is 0.494 e. The average Bonchev–Trinajstić information content (AvgIpc) is 2.60. The number of hydrogen-bond donors (Lipinski definition) is 0. The van der Waals surface area contributed by atoms with E-state index in [0.717, 1.165) is 0 Å². The first kappa shape index (κ1) is 9.74. The number of halogens is 3. The molecule has 1 fully saturated rings. The van der Waals surface area contributed by atoms with Gasteiger partial charge in [0.15, 0.2) is 0 Å². The van der Waals surface area contributed by atoms with Crippen LogP contribution in [-0.4, -0.2) is 25.4 Å². The highest BCUT2D eigenvalue weighted by molar-refractivity contribution is 6.62. The molecule has 0 radical (unpaired) electrons. The molecule has 1 heterocycles. The van der Waals surface area contributed by atoms with Gasteiger partial charge in [0.1, 0.15) is 5.75 Å². The predicted molar refractivity (Wildman–Crippen MR) is 73.7 cm³/mol. The van der Waals surface area contributed by atoms with Gasteiger partial charge in [-0.05, 0) is 51.3 Å². The van der Waals surface area contributed by atoms with Gasteiger partial charge < -0.3 is 14.0 Å². The van der Waals surface area contributed by atoms with Gasteiger partial charge in [0.2, 0.25) is 0 Å². The van der Waals surface area contributed by atoms with Gasteiger partial charge in [0.25, 0.3) is 0 Å². The monoisotopic (exact) mass is 308 g/mol. The SMILES string of the molecule is [2H]c1c(OC([2H])([2H])[2H])c([2H])c(C(F)(F)F)c([2H])c1B1OC(C)(C)C(C)(C)O1. The van der Waals surface area contributed by atoms with E-state index >= 15 is 0 Å². The molecule has 1 aromatic carbocycles. The summed E-state index contributed by atoms with van der Waals surface area (Å²) in [7, 11) is -4.72. The Balaban J connectivity index is 2.77. The molecule has 0 amide bonds. The lowest BCUT2D eigenvalue weighted by Gasteiger charge is -2.32. The first-order valence-electron chi connectivity index (χ1n) is 9.14. The highest BCUT2D eigenvalue weighted by Crippen LogP contribution is 2.37. The second-order valence-electron chi connectivity index (χ2n) is 5.68. The molecule has 2 rings (SSSR count). The van der Waals surface area contributed by atoms with Crippen LogP contribution < -0.4 is 10.2 Å². The van der Waals surface area contributed by atoms with Crippen LogP contribution in [0.25, 0.3) is 0 Å². The summed E-state index contributed by atoms with van der Waals surface area (Å²) in [5.74, 6) is -1.11. The van der Waals surface area contributed by atoms with Gasteiger partial charge in [-0.25, -0.2) is 0 Å². The number of benzene rings is 1. The van der Waals surface area contributed by atoms with E-state index in [1.165, 1.54) is 0 Å². The molecule has 7 heteroatoms. The number of hydrogen-bond acceptors (Lipinski definition) is 3. The van der Waals surface area contributed by atoms with Crippen molar-refractivity contribution >= 4 is 12.6 Å². The van der Waals surface area contributed by atoms with E-state index in [2.05, 4.69) is 4.74 Å². The van der Waals surface area contributed by atoms with Crippen LogP contribution in [0.15, 0.2) is 18.1 Å². The van der Waals surface area contributed by atoms with Crippen LogP contribution in [-0.2, 0) is 15.5 Å². The Bertz CT molecular complexity index is 748. The normalized spacial score (nSPS) is 25.4. The Morgan fingerprint density at radius 3 is 2.19 bits per heavy atom. The zero-order valence-electron chi connectivity index (χ0n) is 17.9. The molecule has 0 bridgehead atoms. The molecular formula is C14H18BF3O3. The van der Waals surface area contributed by atoms with Crippen molar-refractivity contribution in [3.63, 3.8) is 0 Å². The molecule has 0 saturated carbocycles. The lowest BCUT2D eigenvalue weighted by molar-refractivity contribution is -0.137. The van der Waals surface area contributed by atoms with E-state index in [-0.39, 0.29) is 0 Å². The maximum absolute atomic E-state index is 13.4. The molecule has 1 aliphatic heterocycles. The summed E-state index contributed by atoms with van der Waals surface area (Å²) in [5.41, 5.74) is -4.31. The zero-order valence-corrected chi connectivity index (χ0v) is 11.9. The minimum absolute atomic E-state index is 0.642. The van der Waals surface area contributed by atoms with Gasteiger partial charge in [-0.3, -0.25) is 0 Å². The molecule has 3 nitrogen and oxygen atoms in total. The zero-order chi connectivity index (χ0) is 21.2. The van der Waals surface area contributed by atoms with Crippen molar-refractivity contribution in [1.82, 2.24) is 0 Å². The van der Waals surface area contributed by atoms with Crippen molar-refractivity contribution in [1.29, 1.82) is 0 Å². The molecule has 0 unspecified atom stereocenters. The van der Waals surface area contributed by atoms with Crippen molar-refractivity contribution in [3.05, 3.63) is 23.7 Å². The molecule has 0 aromatic heterocycles. The number of alkyl halides is 3. The fourth-order valence-corrected chi connectivity index (χ4v) is 1.74. The standard InChI is InChI=1S/C14H18BF3O3/c1-12(2)13(3,4)21-15(20-12)10-6-9(14(16,17)18)7-11(8-10)19-5/h6-8H,1-5H3/i5D3,6D,7D,8D. The third-order valence-corrected chi connectivity index (χ3v) is 3.62. The highest BCUT2D eigenvalue weighted by atomic mass is 19.4. The second-order valence-corrected chi connectivity index (χ2v) is 5.68. The summed E-state index contributed by atoms with van der Waals surface area (Å²) in [6.45, 7) is 6.51. The smallest absolute Gasteiger partial charge is 0.494 e. The first-order valence-corrected chi connectivity index (χ1v) is 6.14. The first-order chi connectivity index (χ1) is 11.9. The second kappa shape index (κ2) is 4.92. The third kappa shape index (κ3) is 3.03. The summed E-state index contributed by atoms with van der Waals surface area (Å²) in [6, 6.07) is -3.45. The third-order valence-electron chi connectivity index (χ3n) is 3.62. The Morgan fingerprint density at radius 1 is 1.14 bits per heavy atom. The molecule has 0 N–H and O–H groups in total. The van der Waals surface area contributed by atoms with E-state index < -0.39 is 66.4 Å². The van der Waals surface area contributed by atoms with Crippen LogP contribution in [0, 0.1) is 0 Å². The number of rotatable bonds is 2. The fourth-order valence-electron chi connectivity index (χ4n) is 1.74. The van der Waals surface area contributed by atoms with Crippen LogP contribution in [0.5, 0.6) is 5.75 Å². The fraction of sp³-hybridized carbons (Fsp3) is 0.571. The van der Waals surface area contributed by atoms with Crippen LogP contribution >= 0.6 is 0 Å². The molecule has 0 spiro atoms. The van der Waals surface area contributed by atoms with Crippen molar-refractivity contribution < 1.29 is 35.4 Å². The van der Waals surface area contributed by atoms with E-state index in [1.807, 2.05) is 0 Å². The summed E-state index contributed by atoms with van der Waals surface area (Å²) in [4.78, 5) is 0. The topological polar surface area (TPSA) is 27.7 Å². The summed E-state index contributed by atoms with van der Waals surface area (Å²) >= 11 is 0.